The molecule has 0 aliphatic rings. The Morgan fingerprint density at radius 1 is 1.00 bits per heavy atom. The van der Waals surface area contributed by atoms with E-state index < -0.39 is 0 Å². The average molecular weight is 315 g/mol. The summed E-state index contributed by atoms with van der Waals surface area (Å²) in [5.41, 5.74) is 0. The van der Waals surface area contributed by atoms with Crippen molar-refractivity contribution in [3.63, 3.8) is 0 Å². The van der Waals surface area contributed by atoms with Crippen molar-refractivity contribution in [1.29, 1.82) is 0 Å². The first-order valence-electron chi connectivity index (χ1n) is 0. The van der Waals surface area contributed by atoms with E-state index in [0.29, 0.717) is 0 Å². The van der Waals surface area contributed by atoms with Crippen LogP contribution >= 0.6 is 0 Å². The van der Waals surface area contributed by atoms with Crippen LogP contribution in [0.4, 0.5) is 0 Å². The molecule has 4 heteroatoms. The Hall–Kier alpha value is 2.68. The van der Waals surface area contributed by atoms with Gasteiger partial charge in [0.15, 0.2) is 0 Å². The Bertz CT molecular complexity index is 8.00. The predicted octanol–water partition coefficient (Wildman–Crippen LogP) is -0.0100. The van der Waals surface area contributed by atoms with E-state index >= 15 is 0 Å². The molecule has 0 aromatic rings. The number of rotatable bonds is 0. The molecule has 0 bridgehead atoms. The molecule has 0 nitrogen and oxygen atoms in total. The fourth-order valence-electron chi connectivity index (χ4n) is 0. The summed E-state index contributed by atoms with van der Waals surface area (Å²) in [6, 6.07) is 0. The molecule has 32 valence electrons. The minimum absolute atomic E-state index is 0. The molecule has 0 N–H and O–H groups in total. The Morgan fingerprint density at radius 3 is 1.00 bits per heavy atom. The van der Waals surface area contributed by atoms with Crippen LogP contribution in [0.2, 0.25) is 0 Å². The summed E-state index contributed by atoms with van der Waals surface area (Å²) in [4.78, 5) is 0. The van der Waals surface area contributed by atoms with Gasteiger partial charge in [0.25, 0.3) is 0 Å². The first-order chi connectivity index (χ1) is 0. The molecule has 0 amide bonds. The van der Waals surface area contributed by atoms with Crippen LogP contribution < -0.4 is 0 Å². The smallest absolute Gasteiger partial charge is 0 e. The van der Waals surface area contributed by atoms with Crippen molar-refractivity contribution in [1.82, 2.24) is 0 Å². The second-order valence-corrected chi connectivity index (χ2v) is 0. The normalized spacial score (nSPS) is 0. The number of hydrogen-bond donors (Lipinski definition) is 0. The molecule has 0 saturated heterocycles. The van der Waals surface area contributed by atoms with Crippen molar-refractivity contribution in [3.05, 3.63) is 0 Å². The molecule has 0 fully saturated rings. The molecule has 0 atom stereocenters. The van der Waals surface area contributed by atoms with E-state index in [0.717, 1.165) is 0 Å². The summed E-state index contributed by atoms with van der Waals surface area (Å²) in [5.74, 6) is 0. The van der Waals surface area contributed by atoms with Gasteiger partial charge >= 0.3 is 0 Å². The standard InChI is InChI=1S/Ag.Cr.Cu.Zr. The maximum absolute atomic E-state index is 0. The van der Waals surface area contributed by atoms with Crippen LogP contribution in [0.25, 0.3) is 0 Å². The Kier molecular flexibility index (Phi) is 130. The fraction of sp³-hybridized carbons (Fsp3) is 0. The molecule has 0 heterocycles. The number of hydrogen-bond acceptors (Lipinski definition) is 0. The van der Waals surface area contributed by atoms with Crippen LogP contribution in [0, 0.1) is 0 Å². The third-order valence-corrected chi connectivity index (χ3v) is 0. The summed E-state index contributed by atoms with van der Waals surface area (Å²) < 4.78 is 0. The van der Waals surface area contributed by atoms with E-state index in [4.69, 9.17) is 0 Å². The van der Waals surface area contributed by atoms with Gasteiger partial charge in [0.2, 0.25) is 0 Å². The minimum atomic E-state index is 0. The quantitative estimate of drug-likeness (QED) is 0.552. The average Bonchev–Trinajstić information content (AvgIpc) is 0. The molecular weight excluding hydrogens is 315 g/mol. The van der Waals surface area contributed by atoms with E-state index in [-0.39, 0.29) is 83.0 Å². The van der Waals surface area contributed by atoms with Gasteiger partial charge in [-0.25, -0.2) is 0 Å². The van der Waals surface area contributed by atoms with Crippen LogP contribution in [0.15, 0.2) is 0 Å². The summed E-state index contributed by atoms with van der Waals surface area (Å²) >= 11 is 0. The van der Waals surface area contributed by atoms with Gasteiger partial charge in [0.05, 0.1) is 0 Å². The monoisotopic (exact) mass is 312 g/mol. The molecule has 0 rings (SSSR count). The summed E-state index contributed by atoms with van der Waals surface area (Å²) in [5, 5.41) is 0. The first-order valence-corrected chi connectivity index (χ1v) is 0. The van der Waals surface area contributed by atoms with Gasteiger partial charge in [-0.05, 0) is 0 Å². The third-order valence-electron chi connectivity index (χ3n) is 0. The minimum Gasteiger partial charge on any atom is 0 e. The molecule has 0 aliphatic carbocycles. The van der Waals surface area contributed by atoms with Crippen molar-refractivity contribution >= 4 is 0 Å². The summed E-state index contributed by atoms with van der Waals surface area (Å²) in [6.45, 7) is 0. The topological polar surface area (TPSA) is 0 Å². The van der Waals surface area contributed by atoms with E-state index in [2.05, 4.69) is 0 Å². The van der Waals surface area contributed by atoms with Gasteiger partial charge in [0, 0.05) is 83.0 Å². The van der Waals surface area contributed by atoms with Crippen LogP contribution in [0.5, 0.6) is 0 Å². The van der Waals surface area contributed by atoms with Crippen LogP contribution in [-0.2, 0) is 83.0 Å². The summed E-state index contributed by atoms with van der Waals surface area (Å²) in [7, 11) is 0. The Labute approximate surface area is 81.7 Å². The Balaban J connectivity index is 0. The van der Waals surface area contributed by atoms with Crippen LogP contribution in [0.3, 0.4) is 0 Å². The zero-order valence-corrected chi connectivity index (χ0v) is 7.67. The molecule has 0 saturated carbocycles. The van der Waals surface area contributed by atoms with Crippen molar-refractivity contribution in [2.75, 3.05) is 0 Å². The van der Waals surface area contributed by atoms with Crippen LogP contribution in [-0.4, -0.2) is 0 Å². The molecule has 0 unspecified atom stereocenters. The SMILES string of the molecule is [Ag].[Cr].[Cu].[Zr]. The molecule has 0 aromatic heterocycles. The maximum atomic E-state index is 0. The van der Waals surface area contributed by atoms with Gasteiger partial charge in [-0.3, -0.25) is 0 Å². The zero-order valence-electron chi connectivity index (χ0n) is 1.51. The molecule has 2 radical (unpaired) electrons. The molecule has 0 aliphatic heterocycles. The first kappa shape index (κ1) is 30.0. The van der Waals surface area contributed by atoms with Crippen LogP contribution in [0.1, 0.15) is 0 Å². The largest absolute Gasteiger partial charge is 0 e. The van der Waals surface area contributed by atoms with Crippen molar-refractivity contribution in [2.45, 2.75) is 0 Å². The maximum Gasteiger partial charge on any atom is 0 e. The van der Waals surface area contributed by atoms with Crippen molar-refractivity contribution in [3.8, 4) is 0 Å². The van der Waals surface area contributed by atoms with Crippen molar-refractivity contribution in [2.24, 2.45) is 0 Å². The van der Waals surface area contributed by atoms with Gasteiger partial charge < -0.3 is 0 Å². The molecular formula is AgCrCuZr. The van der Waals surface area contributed by atoms with E-state index in [1.165, 1.54) is 0 Å². The van der Waals surface area contributed by atoms with E-state index in [9.17, 15) is 0 Å². The zero-order chi connectivity index (χ0) is 0. The second kappa shape index (κ2) is 17.3. The van der Waals surface area contributed by atoms with Crippen molar-refractivity contribution < 1.29 is 83.0 Å². The van der Waals surface area contributed by atoms with Gasteiger partial charge in [-0.1, -0.05) is 0 Å². The van der Waals surface area contributed by atoms with Gasteiger partial charge in [0.1, 0.15) is 0 Å². The molecule has 4 heavy (non-hydrogen) atoms. The van der Waals surface area contributed by atoms with E-state index in [1.807, 2.05) is 0 Å². The molecule has 0 aromatic carbocycles. The van der Waals surface area contributed by atoms with Gasteiger partial charge in [-0.2, -0.15) is 0 Å². The summed E-state index contributed by atoms with van der Waals surface area (Å²) in [6.07, 6.45) is 0. The van der Waals surface area contributed by atoms with E-state index in [1.54, 1.807) is 0 Å². The second-order valence-electron chi connectivity index (χ2n) is 0. The van der Waals surface area contributed by atoms with Gasteiger partial charge in [-0.15, -0.1) is 0 Å². The Morgan fingerprint density at radius 2 is 1.00 bits per heavy atom. The predicted molar refractivity (Wildman–Crippen MR) is 0 cm³/mol. The third kappa shape index (κ3) is 8.82. The fourth-order valence-corrected chi connectivity index (χ4v) is 0. The molecule has 0 spiro atoms.